The molecule has 0 heterocycles. The summed E-state index contributed by atoms with van der Waals surface area (Å²) in [4.78, 5) is 0. The Morgan fingerprint density at radius 1 is 1.17 bits per heavy atom. The highest BCUT2D eigenvalue weighted by molar-refractivity contribution is 8.07. The van der Waals surface area contributed by atoms with E-state index in [0.717, 1.165) is 0 Å². The Bertz CT molecular complexity index is 76.7. The second-order valence-electron chi connectivity index (χ2n) is 0.285. The van der Waals surface area contributed by atoms with Crippen molar-refractivity contribution in [1.29, 1.82) is 10.5 Å². The van der Waals surface area contributed by atoms with Gasteiger partial charge in [-0.1, -0.05) is 0 Å². The zero-order chi connectivity index (χ0) is 4.12. The number of nitriles is 2. The second kappa shape index (κ2) is 8.83. The van der Waals surface area contributed by atoms with Crippen molar-refractivity contribution < 1.29 is 0 Å². The van der Waals surface area contributed by atoms with Crippen LogP contribution >= 0.6 is 11.8 Å². The molecule has 0 saturated carbocycles. The van der Waals surface area contributed by atoms with E-state index in [1.54, 1.807) is 10.8 Å². The van der Waals surface area contributed by atoms with Crippen LogP contribution < -0.4 is 0 Å². The molecular weight excluding hydrogens is 94.9 g/mol. The quantitative estimate of drug-likeness (QED) is 0.321. The van der Waals surface area contributed by atoms with Gasteiger partial charge in [-0.2, -0.15) is 10.5 Å². The average molecular weight is 94.9 g/mol. The van der Waals surface area contributed by atoms with E-state index in [1.165, 1.54) is 0 Å². The van der Waals surface area contributed by atoms with Crippen molar-refractivity contribution in [2.24, 2.45) is 0 Å². The van der Waals surface area contributed by atoms with E-state index in [9.17, 15) is 0 Å². The summed E-state index contributed by atoms with van der Waals surface area (Å²) in [5.41, 5.74) is 0. The third-order valence-electron chi connectivity index (χ3n) is 0.0913. The lowest BCUT2D eigenvalue weighted by atomic mass is 10.8. The summed E-state index contributed by atoms with van der Waals surface area (Å²) >= 11 is 0.574. The Morgan fingerprint density at radius 2 is 1.50 bits per heavy atom. The van der Waals surface area contributed by atoms with Crippen LogP contribution in [0.1, 0.15) is 0 Å². The fraction of sp³-hybridized carbons (Fsp3) is 0. The van der Waals surface area contributed by atoms with Crippen LogP contribution in [0.2, 0.25) is 0 Å². The van der Waals surface area contributed by atoms with Crippen LogP contribution in [0.3, 0.4) is 0 Å². The van der Waals surface area contributed by atoms with Gasteiger partial charge in [0.1, 0.15) is 10.8 Å². The molecular formula is C2BN2S. The van der Waals surface area contributed by atoms with Gasteiger partial charge < -0.3 is 0 Å². The topological polar surface area (TPSA) is 47.6 Å². The zero-order valence-corrected chi connectivity index (χ0v) is 3.70. The first kappa shape index (κ1) is 9.04. The van der Waals surface area contributed by atoms with Gasteiger partial charge in [0.15, 0.2) is 0 Å². The van der Waals surface area contributed by atoms with Gasteiger partial charge in [0.05, 0.1) is 11.8 Å². The SMILES string of the molecule is N#CSC#N.[B]. The van der Waals surface area contributed by atoms with Crippen LogP contribution in [0.15, 0.2) is 0 Å². The first-order valence-electron chi connectivity index (χ1n) is 0.855. The maximum atomic E-state index is 7.56. The predicted molar refractivity (Wildman–Crippen MR) is 24.6 cm³/mol. The number of nitrogens with zero attached hydrogens (tertiary/aromatic N) is 2. The number of thiocyanates is 2. The first-order chi connectivity index (χ1) is 2.41. The Hall–Kier alpha value is -0.605. The van der Waals surface area contributed by atoms with Gasteiger partial charge in [-0.3, -0.25) is 0 Å². The van der Waals surface area contributed by atoms with Crippen LogP contribution in [-0.2, 0) is 0 Å². The Morgan fingerprint density at radius 3 is 1.50 bits per heavy atom. The van der Waals surface area contributed by atoms with E-state index in [0.29, 0.717) is 11.8 Å². The molecule has 6 heavy (non-hydrogen) atoms. The smallest absolute Gasteiger partial charge is 0.149 e. The normalized spacial score (nSPS) is 3.67. The maximum Gasteiger partial charge on any atom is 0.149 e. The summed E-state index contributed by atoms with van der Waals surface area (Å²) in [6.07, 6.45) is 0. The van der Waals surface area contributed by atoms with Gasteiger partial charge in [0, 0.05) is 8.41 Å². The summed E-state index contributed by atoms with van der Waals surface area (Å²) < 4.78 is 0. The van der Waals surface area contributed by atoms with Crippen molar-refractivity contribution in [2.45, 2.75) is 0 Å². The van der Waals surface area contributed by atoms with Crippen molar-refractivity contribution in [3.8, 4) is 10.8 Å². The summed E-state index contributed by atoms with van der Waals surface area (Å²) in [6, 6.07) is 0. The molecule has 2 nitrogen and oxygen atoms in total. The summed E-state index contributed by atoms with van der Waals surface area (Å²) in [6.45, 7) is 0. The van der Waals surface area contributed by atoms with Gasteiger partial charge >= 0.3 is 0 Å². The number of rotatable bonds is 0. The van der Waals surface area contributed by atoms with Crippen molar-refractivity contribution in [3.63, 3.8) is 0 Å². The number of hydrogen-bond acceptors (Lipinski definition) is 3. The lowest BCUT2D eigenvalue weighted by Gasteiger charge is -1.44. The van der Waals surface area contributed by atoms with Crippen molar-refractivity contribution in [3.05, 3.63) is 0 Å². The Labute approximate surface area is 42.3 Å². The highest BCUT2D eigenvalue weighted by Gasteiger charge is 1.62. The third-order valence-corrected chi connectivity index (χ3v) is 0.274. The van der Waals surface area contributed by atoms with Crippen LogP contribution in [0.25, 0.3) is 0 Å². The van der Waals surface area contributed by atoms with Crippen LogP contribution in [0.5, 0.6) is 0 Å². The van der Waals surface area contributed by atoms with E-state index >= 15 is 0 Å². The molecule has 0 unspecified atom stereocenters. The Balaban J connectivity index is 0. The van der Waals surface area contributed by atoms with Crippen LogP contribution in [0, 0.1) is 21.3 Å². The molecule has 0 amide bonds. The molecule has 0 aromatic carbocycles. The second-order valence-corrected chi connectivity index (χ2v) is 0.854. The maximum absolute atomic E-state index is 7.56. The molecule has 0 aromatic rings. The largest absolute Gasteiger partial charge is 0.184 e. The summed E-state index contributed by atoms with van der Waals surface area (Å²) in [7, 11) is 0. The molecule has 0 saturated heterocycles. The molecule has 27 valence electrons. The van der Waals surface area contributed by atoms with E-state index in [1.807, 2.05) is 0 Å². The minimum atomic E-state index is 0. The Kier molecular flexibility index (Phi) is 13.3. The molecule has 0 aliphatic carbocycles. The van der Waals surface area contributed by atoms with Gasteiger partial charge in [-0.25, -0.2) is 0 Å². The highest BCUT2D eigenvalue weighted by Crippen LogP contribution is 1.85. The van der Waals surface area contributed by atoms with Gasteiger partial charge in [-0.05, 0) is 0 Å². The third kappa shape index (κ3) is 10.0. The van der Waals surface area contributed by atoms with Crippen molar-refractivity contribution >= 4 is 20.2 Å². The van der Waals surface area contributed by atoms with E-state index in [2.05, 4.69) is 0 Å². The number of thioether (sulfide) groups is 1. The fourth-order valence-electron chi connectivity index (χ4n) is 0.0204. The van der Waals surface area contributed by atoms with Gasteiger partial charge in [0.25, 0.3) is 0 Å². The monoisotopic (exact) mass is 95.0 g/mol. The lowest BCUT2D eigenvalue weighted by Crippen LogP contribution is -1.29. The molecule has 0 rings (SSSR count). The molecule has 0 aromatic heterocycles. The van der Waals surface area contributed by atoms with Crippen molar-refractivity contribution in [1.82, 2.24) is 0 Å². The molecule has 4 heteroatoms. The minimum absolute atomic E-state index is 0. The minimum Gasteiger partial charge on any atom is -0.184 e. The number of hydrogen-bond donors (Lipinski definition) is 0. The predicted octanol–water partition coefficient (Wildman–Crippen LogP) is 0.301. The van der Waals surface area contributed by atoms with Gasteiger partial charge in [-0.15, -0.1) is 0 Å². The first-order valence-corrected chi connectivity index (χ1v) is 1.67. The molecule has 0 bridgehead atoms. The zero-order valence-electron chi connectivity index (χ0n) is 2.88. The molecule has 0 fully saturated rings. The molecule has 0 atom stereocenters. The molecule has 3 radical (unpaired) electrons. The molecule has 0 spiro atoms. The lowest BCUT2D eigenvalue weighted by molar-refractivity contribution is 1.56. The van der Waals surface area contributed by atoms with E-state index in [-0.39, 0.29) is 8.41 Å². The summed E-state index contributed by atoms with van der Waals surface area (Å²) in [5, 5.41) is 18.3. The van der Waals surface area contributed by atoms with Gasteiger partial charge in [0.2, 0.25) is 0 Å². The van der Waals surface area contributed by atoms with E-state index in [4.69, 9.17) is 10.5 Å². The fourth-order valence-corrected chi connectivity index (χ4v) is 0.0612. The van der Waals surface area contributed by atoms with E-state index < -0.39 is 0 Å². The molecule has 0 aliphatic heterocycles. The summed E-state index contributed by atoms with van der Waals surface area (Å²) in [5.74, 6) is 0. The highest BCUT2D eigenvalue weighted by atomic mass is 32.2. The van der Waals surface area contributed by atoms with Crippen molar-refractivity contribution in [2.75, 3.05) is 0 Å². The molecule has 0 N–H and O–H groups in total. The standard InChI is InChI=1S/C2N2S.B/c3-1-5-2-4;. The average Bonchev–Trinajstić information content (AvgIpc) is 1.41. The van der Waals surface area contributed by atoms with Crippen LogP contribution in [-0.4, -0.2) is 8.41 Å². The van der Waals surface area contributed by atoms with Crippen LogP contribution in [0.4, 0.5) is 0 Å². The molecule has 0 aliphatic rings.